The van der Waals surface area contributed by atoms with Crippen molar-refractivity contribution >= 4 is 5.91 Å². The van der Waals surface area contributed by atoms with E-state index in [1.807, 2.05) is 31.0 Å². The molecule has 2 N–H and O–H groups in total. The molecule has 0 radical (unpaired) electrons. The minimum absolute atomic E-state index is 0.0125. The molecule has 0 spiro atoms. The maximum absolute atomic E-state index is 12.4. The second kappa shape index (κ2) is 5.48. The van der Waals surface area contributed by atoms with E-state index in [4.69, 9.17) is 5.73 Å². The fourth-order valence-electron chi connectivity index (χ4n) is 2.83. The van der Waals surface area contributed by atoms with E-state index >= 15 is 0 Å². The van der Waals surface area contributed by atoms with Gasteiger partial charge < -0.3 is 10.6 Å². The van der Waals surface area contributed by atoms with E-state index in [9.17, 15) is 4.79 Å². The molecule has 1 aromatic rings. The van der Waals surface area contributed by atoms with E-state index in [2.05, 4.69) is 4.98 Å². The minimum Gasteiger partial charge on any atom is -0.337 e. The van der Waals surface area contributed by atoms with Crippen molar-refractivity contribution in [3.63, 3.8) is 0 Å². The van der Waals surface area contributed by atoms with Gasteiger partial charge in [-0.3, -0.25) is 9.78 Å². The first-order valence-corrected chi connectivity index (χ1v) is 6.54. The van der Waals surface area contributed by atoms with Gasteiger partial charge in [0.1, 0.15) is 5.69 Å². The van der Waals surface area contributed by atoms with Crippen LogP contribution in [0.3, 0.4) is 0 Å². The van der Waals surface area contributed by atoms with Crippen LogP contribution in [0.25, 0.3) is 0 Å². The minimum atomic E-state index is 0.0125. The van der Waals surface area contributed by atoms with Gasteiger partial charge in [-0.05, 0) is 43.9 Å². The van der Waals surface area contributed by atoms with Gasteiger partial charge in [0, 0.05) is 19.3 Å². The molecule has 0 aromatic carbocycles. The molecule has 2 unspecified atom stereocenters. The highest BCUT2D eigenvalue weighted by Gasteiger charge is 2.32. The first kappa shape index (κ1) is 13.0. The van der Waals surface area contributed by atoms with Gasteiger partial charge in [0.25, 0.3) is 5.91 Å². The number of carbonyl (C=O) groups is 1. The van der Waals surface area contributed by atoms with Crippen molar-refractivity contribution in [3.8, 4) is 0 Å². The van der Waals surface area contributed by atoms with Gasteiger partial charge in [0.15, 0.2) is 0 Å². The molecular formula is C14H21N3O. The zero-order valence-electron chi connectivity index (χ0n) is 11.1. The smallest absolute Gasteiger partial charge is 0.272 e. The Labute approximate surface area is 108 Å². The highest BCUT2D eigenvalue weighted by atomic mass is 16.2. The number of nitrogens with two attached hydrogens (primary N) is 1. The maximum Gasteiger partial charge on any atom is 0.272 e. The molecule has 4 heteroatoms. The number of hydrogen-bond donors (Lipinski definition) is 1. The summed E-state index contributed by atoms with van der Waals surface area (Å²) in [6, 6.07) is 4.04. The molecule has 1 fully saturated rings. The molecule has 1 aliphatic carbocycles. The van der Waals surface area contributed by atoms with Gasteiger partial charge >= 0.3 is 0 Å². The van der Waals surface area contributed by atoms with Crippen LogP contribution in [0.4, 0.5) is 0 Å². The number of rotatable bonds is 3. The monoisotopic (exact) mass is 247 g/mol. The van der Waals surface area contributed by atoms with E-state index in [0.717, 1.165) is 24.8 Å². The van der Waals surface area contributed by atoms with Crippen LogP contribution in [0.1, 0.15) is 35.3 Å². The number of aromatic nitrogens is 1. The Bertz CT molecular complexity index is 433. The van der Waals surface area contributed by atoms with Crippen molar-refractivity contribution < 1.29 is 4.79 Å². The lowest BCUT2D eigenvalue weighted by Gasteiger charge is -2.29. The molecule has 1 heterocycles. The van der Waals surface area contributed by atoms with Crippen LogP contribution in [0.5, 0.6) is 0 Å². The van der Waals surface area contributed by atoms with Crippen molar-refractivity contribution in [1.29, 1.82) is 0 Å². The highest BCUT2D eigenvalue weighted by Crippen LogP contribution is 2.29. The maximum atomic E-state index is 12.4. The van der Waals surface area contributed by atoms with Crippen molar-refractivity contribution in [2.45, 2.75) is 32.2 Å². The lowest BCUT2D eigenvalue weighted by molar-refractivity contribution is 0.0693. The van der Waals surface area contributed by atoms with Crippen molar-refractivity contribution in [3.05, 3.63) is 29.6 Å². The molecule has 4 nitrogen and oxygen atoms in total. The SMILES string of the molecule is Cc1cccnc1C(=O)N(C)C1CCCC1CN. The standard InChI is InChI=1S/C14H21N3O/c1-10-5-4-8-16-13(10)14(18)17(2)12-7-3-6-11(12)9-15/h4-5,8,11-12H,3,6-7,9,15H2,1-2H3. The Balaban J connectivity index is 2.16. The lowest BCUT2D eigenvalue weighted by Crippen LogP contribution is -2.42. The van der Waals surface area contributed by atoms with Crippen LogP contribution in [0, 0.1) is 12.8 Å². The molecule has 2 rings (SSSR count). The quantitative estimate of drug-likeness (QED) is 0.882. The molecule has 0 saturated heterocycles. The Morgan fingerprint density at radius 1 is 1.56 bits per heavy atom. The Kier molecular flexibility index (Phi) is 3.97. The second-order valence-corrected chi connectivity index (χ2v) is 5.08. The van der Waals surface area contributed by atoms with Crippen LogP contribution < -0.4 is 5.73 Å². The van der Waals surface area contributed by atoms with Crippen LogP contribution >= 0.6 is 0 Å². The number of hydrogen-bond acceptors (Lipinski definition) is 3. The average Bonchev–Trinajstić information content (AvgIpc) is 2.86. The summed E-state index contributed by atoms with van der Waals surface area (Å²) < 4.78 is 0. The topological polar surface area (TPSA) is 59.2 Å². The summed E-state index contributed by atoms with van der Waals surface area (Å²) in [5.74, 6) is 0.446. The fourth-order valence-corrected chi connectivity index (χ4v) is 2.83. The van der Waals surface area contributed by atoms with Gasteiger partial charge in [-0.1, -0.05) is 12.5 Å². The summed E-state index contributed by atoms with van der Waals surface area (Å²) in [4.78, 5) is 18.5. The molecule has 98 valence electrons. The normalized spacial score (nSPS) is 23.1. The van der Waals surface area contributed by atoms with Gasteiger partial charge in [-0.25, -0.2) is 0 Å². The van der Waals surface area contributed by atoms with Gasteiger partial charge in [-0.2, -0.15) is 0 Å². The number of aryl methyl sites for hydroxylation is 1. The zero-order chi connectivity index (χ0) is 13.1. The summed E-state index contributed by atoms with van der Waals surface area (Å²) in [6.07, 6.45) is 5.00. The number of carbonyl (C=O) groups excluding carboxylic acids is 1. The first-order chi connectivity index (χ1) is 8.65. The molecule has 2 atom stereocenters. The third-order valence-corrected chi connectivity index (χ3v) is 3.95. The molecule has 0 bridgehead atoms. The van der Waals surface area contributed by atoms with E-state index in [1.165, 1.54) is 0 Å². The molecule has 1 aromatic heterocycles. The van der Waals surface area contributed by atoms with E-state index in [-0.39, 0.29) is 11.9 Å². The molecule has 18 heavy (non-hydrogen) atoms. The van der Waals surface area contributed by atoms with Crippen LogP contribution in [0.15, 0.2) is 18.3 Å². The predicted molar refractivity (Wildman–Crippen MR) is 71.3 cm³/mol. The van der Waals surface area contributed by atoms with E-state index in [0.29, 0.717) is 18.2 Å². The van der Waals surface area contributed by atoms with Gasteiger partial charge in [-0.15, -0.1) is 0 Å². The summed E-state index contributed by atoms with van der Waals surface area (Å²) in [5.41, 5.74) is 7.26. The third kappa shape index (κ3) is 2.38. The Morgan fingerprint density at radius 2 is 2.33 bits per heavy atom. The molecular weight excluding hydrogens is 226 g/mol. The van der Waals surface area contributed by atoms with Crippen LogP contribution in [-0.4, -0.2) is 35.4 Å². The Hall–Kier alpha value is -1.42. The Morgan fingerprint density at radius 3 is 3.00 bits per heavy atom. The zero-order valence-corrected chi connectivity index (χ0v) is 11.1. The summed E-state index contributed by atoms with van der Waals surface area (Å²) >= 11 is 0. The van der Waals surface area contributed by atoms with E-state index in [1.54, 1.807) is 6.20 Å². The molecule has 1 amide bonds. The fraction of sp³-hybridized carbons (Fsp3) is 0.571. The largest absolute Gasteiger partial charge is 0.337 e. The van der Waals surface area contributed by atoms with Gasteiger partial charge in [0.05, 0.1) is 0 Å². The van der Waals surface area contributed by atoms with Gasteiger partial charge in [0.2, 0.25) is 0 Å². The highest BCUT2D eigenvalue weighted by molar-refractivity contribution is 5.93. The summed E-state index contributed by atoms with van der Waals surface area (Å²) in [7, 11) is 1.87. The second-order valence-electron chi connectivity index (χ2n) is 5.08. The number of amides is 1. The van der Waals surface area contributed by atoms with Crippen molar-refractivity contribution in [2.75, 3.05) is 13.6 Å². The molecule has 1 aliphatic rings. The van der Waals surface area contributed by atoms with Crippen molar-refractivity contribution in [1.82, 2.24) is 9.88 Å². The number of nitrogens with zero attached hydrogens (tertiary/aromatic N) is 2. The number of pyridine rings is 1. The van der Waals surface area contributed by atoms with Crippen LogP contribution in [0.2, 0.25) is 0 Å². The molecule has 1 saturated carbocycles. The van der Waals surface area contributed by atoms with E-state index < -0.39 is 0 Å². The third-order valence-electron chi connectivity index (χ3n) is 3.95. The van der Waals surface area contributed by atoms with Crippen molar-refractivity contribution in [2.24, 2.45) is 11.7 Å². The summed E-state index contributed by atoms with van der Waals surface area (Å²) in [6.45, 7) is 2.58. The predicted octanol–water partition coefficient (Wildman–Crippen LogP) is 1.59. The average molecular weight is 247 g/mol. The first-order valence-electron chi connectivity index (χ1n) is 6.54. The van der Waals surface area contributed by atoms with Crippen LogP contribution in [-0.2, 0) is 0 Å². The summed E-state index contributed by atoms with van der Waals surface area (Å²) in [5, 5.41) is 0. The lowest BCUT2D eigenvalue weighted by atomic mass is 10.0. The molecule has 0 aliphatic heterocycles.